The second-order valence-electron chi connectivity index (χ2n) is 9.62. The summed E-state index contributed by atoms with van der Waals surface area (Å²) in [7, 11) is -2.71. The van der Waals surface area contributed by atoms with E-state index in [0.29, 0.717) is 10.6 Å². The SMILES string of the molecule is COCCCN1C(C(C(=O)Nc2cc(C)ccc2C)N2C(=O)OC(C)(C)C2=O)=Nc2ccccc2S1(=O)=O. The molecule has 4 rings (SSSR count). The zero-order valence-corrected chi connectivity index (χ0v) is 22.7. The molecule has 12 heteroatoms. The number of rotatable bonds is 8. The average molecular weight is 543 g/mol. The summed E-state index contributed by atoms with van der Waals surface area (Å²) in [6.07, 6.45) is -0.802. The molecule has 1 fully saturated rings. The number of anilines is 1. The van der Waals surface area contributed by atoms with E-state index in [0.717, 1.165) is 15.4 Å². The number of aliphatic imine (C=N–C) groups is 1. The Bertz CT molecular complexity index is 1430. The molecule has 0 aromatic heterocycles. The second-order valence-corrected chi connectivity index (χ2v) is 11.5. The Morgan fingerprint density at radius 2 is 1.87 bits per heavy atom. The van der Waals surface area contributed by atoms with Crippen molar-refractivity contribution in [3.8, 4) is 0 Å². The normalized spacial score (nSPS) is 18.5. The van der Waals surface area contributed by atoms with Gasteiger partial charge in [-0.25, -0.2) is 23.1 Å². The number of nitrogens with one attached hydrogen (secondary N) is 1. The number of fused-ring (bicyclic) bond motifs is 1. The molecule has 0 saturated carbocycles. The van der Waals surface area contributed by atoms with E-state index in [1.54, 1.807) is 25.1 Å². The number of carbonyl (C=O) groups excluding carboxylic acids is 3. The van der Waals surface area contributed by atoms with Crippen LogP contribution in [-0.2, 0) is 29.1 Å². The van der Waals surface area contributed by atoms with Crippen LogP contribution in [0.3, 0.4) is 0 Å². The van der Waals surface area contributed by atoms with E-state index < -0.39 is 39.6 Å². The van der Waals surface area contributed by atoms with Gasteiger partial charge in [0.05, 0.1) is 5.69 Å². The third-order valence-electron chi connectivity index (χ3n) is 6.31. The fourth-order valence-corrected chi connectivity index (χ4v) is 5.92. The van der Waals surface area contributed by atoms with Gasteiger partial charge < -0.3 is 14.8 Å². The van der Waals surface area contributed by atoms with Crippen LogP contribution in [-0.4, -0.2) is 73.3 Å². The first-order chi connectivity index (χ1) is 17.9. The molecule has 0 radical (unpaired) electrons. The number of ether oxygens (including phenoxy) is 2. The van der Waals surface area contributed by atoms with Gasteiger partial charge in [-0.3, -0.25) is 13.9 Å². The molecule has 11 nitrogen and oxygen atoms in total. The molecule has 2 aliphatic rings. The number of cyclic esters (lactones) is 1. The Labute approximate surface area is 221 Å². The van der Waals surface area contributed by atoms with Gasteiger partial charge in [-0.1, -0.05) is 24.3 Å². The fourth-order valence-electron chi connectivity index (χ4n) is 4.30. The monoisotopic (exact) mass is 542 g/mol. The van der Waals surface area contributed by atoms with Crippen molar-refractivity contribution in [2.24, 2.45) is 4.99 Å². The highest BCUT2D eigenvalue weighted by atomic mass is 32.2. The van der Waals surface area contributed by atoms with Gasteiger partial charge in [-0.15, -0.1) is 0 Å². The molecule has 1 atom stereocenters. The molecular weight excluding hydrogens is 512 g/mol. The van der Waals surface area contributed by atoms with Crippen molar-refractivity contribution in [1.29, 1.82) is 0 Å². The van der Waals surface area contributed by atoms with E-state index in [9.17, 15) is 22.8 Å². The minimum absolute atomic E-state index is 0.0505. The van der Waals surface area contributed by atoms with E-state index in [4.69, 9.17) is 9.47 Å². The predicted octanol–water partition coefficient (Wildman–Crippen LogP) is 3.14. The lowest BCUT2D eigenvalue weighted by Gasteiger charge is -2.35. The number of hydrogen-bond acceptors (Lipinski definition) is 8. The van der Waals surface area contributed by atoms with E-state index >= 15 is 0 Å². The van der Waals surface area contributed by atoms with E-state index in [1.807, 2.05) is 19.1 Å². The summed E-state index contributed by atoms with van der Waals surface area (Å²) in [6.45, 7) is 6.58. The Morgan fingerprint density at radius 1 is 1.16 bits per heavy atom. The number of amides is 3. The summed E-state index contributed by atoms with van der Waals surface area (Å²) in [4.78, 5) is 45.4. The number of carbonyl (C=O) groups is 3. The van der Waals surface area contributed by atoms with E-state index in [-0.39, 0.29) is 36.0 Å². The van der Waals surface area contributed by atoms with Crippen molar-refractivity contribution in [3.63, 3.8) is 0 Å². The third-order valence-corrected chi connectivity index (χ3v) is 8.16. The lowest BCUT2D eigenvalue weighted by Crippen LogP contribution is -2.59. The highest BCUT2D eigenvalue weighted by Crippen LogP contribution is 2.36. The first kappa shape index (κ1) is 27.3. The zero-order valence-electron chi connectivity index (χ0n) is 21.8. The Kier molecular flexibility index (Phi) is 7.31. The van der Waals surface area contributed by atoms with Gasteiger partial charge in [-0.05, 0) is 63.4 Å². The van der Waals surface area contributed by atoms with Crippen LogP contribution in [0.5, 0.6) is 0 Å². The number of aryl methyl sites for hydroxylation is 2. The van der Waals surface area contributed by atoms with Crippen LogP contribution in [0.2, 0.25) is 0 Å². The molecule has 0 aliphatic carbocycles. The molecule has 38 heavy (non-hydrogen) atoms. The van der Waals surface area contributed by atoms with Crippen molar-refractivity contribution in [3.05, 3.63) is 53.6 Å². The smallest absolute Gasteiger partial charge is 0.418 e. The average Bonchev–Trinajstić information content (AvgIpc) is 3.05. The highest BCUT2D eigenvalue weighted by molar-refractivity contribution is 7.90. The molecule has 2 heterocycles. The summed E-state index contributed by atoms with van der Waals surface area (Å²) in [5, 5.41) is 2.77. The number of hydrogen-bond donors (Lipinski definition) is 1. The number of nitrogens with zero attached hydrogens (tertiary/aromatic N) is 3. The van der Waals surface area contributed by atoms with Crippen LogP contribution in [0.25, 0.3) is 0 Å². The Balaban J connectivity index is 1.90. The van der Waals surface area contributed by atoms with Gasteiger partial charge in [-0.2, -0.15) is 0 Å². The second kappa shape index (κ2) is 10.2. The third kappa shape index (κ3) is 4.88. The maximum Gasteiger partial charge on any atom is 0.418 e. The van der Waals surface area contributed by atoms with Crippen LogP contribution in [0.1, 0.15) is 31.4 Å². The van der Waals surface area contributed by atoms with E-state index in [1.165, 1.54) is 33.1 Å². The minimum atomic E-state index is -4.20. The predicted molar refractivity (Wildman–Crippen MR) is 140 cm³/mol. The van der Waals surface area contributed by atoms with Crippen molar-refractivity contribution >= 4 is 45.1 Å². The zero-order chi connectivity index (χ0) is 27.8. The standard InChI is InChI=1S/C26H30N4O7S/c1-16-11-12-17(2)19(15-16)28-23(31)21(30-24(32)26(3,4)37-25(30)33)22-27-18-9-6-7-10-20(18)38(34,35)29(22)13-8-14-36-5/h6-7,9-12,15,21H,8,13-14H2,1-5H3,(H,28,31). The van der Waals surface area contributed by atoms with Gasteiger partial charge in [0.15, 0.2) is 17.5 Å². The fraction of sp³-hybridized carbons (Fsp3) is 0.385. The van der Waals surface area contributed by atoms with Gasteiger partial charge in [0.25, 0.3) is 21.8 Å². The highest BCUT2D eigenvalue weighted by Gasteiger charge is 2.55. The lowest BCUT2D eigenvalue weighted by atomic mass is 10.1. The van der Waals surface area contributed by atoms with Crippen LogP contribution in [0, 0.1) is 13.8 Å². The van der Waals surface area contributed by atoms with Crippen LogP contribution in [0.4, 0.5) is 16.2 Å². The van der Waals surface area contributed by atoms with E-state index in [2.05, 4.69) is 10.3 Å². The maximum atomic E-state index is 13.9. The first-order valence-electron chi connectivity index (χ1n) is 12.0. The van der Waals surface area contributed by atoms with Gasteiger partial charge in [0.2, 0.25) is 0 Å². The van der Waals surface area contributed by atoms with Crippen molar-refractivity contribution in [2.45, 2.75) is 50.7 Å². The van der Waals surface area contributed by atoms with Crippen LogP contribution < -0.4 is 5.32 Å². The number of imide groups is 1. The number of amidine groups is 1. The quantitative estimate of drug-likeness (QED) is 0.507. The van der Waals surface area contributed by atoms with Crippen molar-refractivity contribution in [1.82, 2.24) is 9.21 Å². The minimum Gasteiger partial charge on any atom is -0.433 e. The summed E-state index contributed by atoms with van der Waals surface area (Å²) in [5.41, 5.74) is 0.591. The summed E-state index contributed by atoms with van der Waals surface area (Å²) < 4.78 is 38.8. The Morgan fingerprint density at radius 3 is 2.53 bits per heavy atom. The topological polar surface area (TPSA) is 135 Å². The number of methoxy groups -OCH3 is 1. The molecule has 0 bridgehead atoms. The molecule has 3 amide bonds. The molecular formula is C26H30N4O7S. The van der Waals surface area contributed by atoms with Crippen LogP contribution in [0.15, 0.2) is 52.4 Å². The molecule has 0 spiro atoms. The number of benzene rings is 2. The van der Waals surface area contributed by atoms with Crippen molar-refractivity contribution in [2.75, 3.05) is 25.6 Å². The lowest BCUT2D eigenvalue weighted by molar-refractivity contribution is -0.137. The molecule has 1 saturated heterocycles. The Hall–Kier alpha value is -3.77. The molecule has 1 unspecified atom stereocenters. The molecule has 2 aromatic carbocycles. The summed E-state index contributed by atoms with van der Waals surface area (Å²) in [5.74, 6) is -1.89. The van der Waals surface area contributed by atoms with Gasteiger partial charge >= 0.3 is 6.09 Å². The molecule has 2 aliphatic heterocycles. The molecule has 2 aromatic rings. The largest absolute Gasteiger partial charge is 0.433 e. The van der Waals surface area contributed by atoms with Gasteiger partial charge in [0.1, 0.15) is 4.90 Å². The summed E-state index contributed by atoms with van der Waals surface area (Å²) in [6, 6.07) is 9.78. The first-order valence-corrected chi connectivity index (χ1v) is 13.5. The number of para-hydroxylation sites is 1. The summed E-state index contributed by atoms with van der Waals surface area (Å²) >= 11 is 0. The van der Waals surface area contributed by atoms with Gasteiger partial charge in [0, 0.05) is 25.9 Å². The maximum absolute atomic E-state index is 13.9. The van der Waals surface area contributed by atoms with Crippen molar-refractivity contribution < 1.29 is 32.3 Å². The number of sulfonamides is 1. The molecule has 1 N–H and O–H groups in total. The molecule has 202 valence electrons. The van der Waals surface area contributed by atoms with Crippen LogP contribution >= 0.6 is 0 Å².